The second-order valence-electron chi connectivity index (χ2n) is 3.27. The van der Waals surface area contributed by atoms with Gasteiger partial charge < -0.3 is 4.98 Å². The van der Waals surface area contributed by atoms with Gasteiger partial charge in [0.2, 0.25) is 0 Å². The number of aromatic nitrogens is 2. The molecule has 0 aliphatic heterocycles. The van der Waals surface area contributed by atoms with Crippen LogP contribution in [0.25, 0.3) is 0 Å². The zero-order valence-electron chi connectivity index (χ0n) is 8.93. The first-order valence-electron chi connectivity index (χ1n) is 5.10. The van der Waals surface area contributed by atoms with E-state index < -0.39 is 0 Å². The molecule has 0 bridgehead atoms. The molecule has 1 aromatic heterocycles. The van der Waals surface area contributed by atoms with Crippen LogP contribution in [0.15, 0.2) is 46.7 Å². The molecule has 1 N–H and O–H groups in total. The first-order chi connectivity index (χ1) is 7.81. The van der Waals surface area contributed by atoms with E-state index >= 15 is 0 Å². The van der Waals surface area contributed by atoms with Gasteiger partial charge in [-0.25, -0.2) is 4.98 Å². The van der Waals surface area contributed by atoms with Crippen LogP contribution in [0, 0.1) is 0 Å². The number of carbonyl (C=O) groups excluding carboxylic acids is 1. The second-order valence-corrected chi connectivity index (χ2v) is 4.30. The van der Waals surface area contributed by atoms with E-state index in [4.69, 9.17) is 0 Å². The number of Topliss-reactive ketones (excluding diaryl/α,β-unsaturated/α-hetero) is 1. The summed E-state index contributed by atoms with van der Waals surface area (Å²) in [6.45, 7) is 1.87. The molecule has 0 saturated heterocycles. The topological polar surface area (TPSA) is 45.8 Å². The molecule has 0 amide bonds. The summed E-state index contributed by atoms with van der Waals surface area (Å²) >= 11 is 1.48. The molecule has 16 heavy (non-hydrogen) atoms. The number of rotatable bonds is 4. The van der Waals surface area contributed by atoms with Gasteiger partial charge in [0.25, 0.3) is 0 Å². The molecule has 0 unspecified atom stereocenters. The SMILES string of the molecule is CCC(=O)c1ccccc1Sc1ncc[nH]1. The van der Waals surface area contributed by atoms with Crippen LogP contribution in [0.3, 0.4) is 0 Å². The number of ketones is 1. The summed E-state index contributed by atoms with van der Waals surface area (Å²) in [7, 11) is 0. The Morgan fingerprint density at radius 1 is 1.44 bits per heavy atom. The second kappa shape index (κ2) is 4.99. The lowest BCUT2D eigenvalue weighted by atomic mass is 10.1. The normalized spacial score (nSPS) is 10.3. The van der Waals surface area contributed by atoms with Crippen molar-refractivity contribution in [2.75, 3.05) is 0 Å². The smallest absolute Gasteiger partial charge is 0.170 e. The van der Waals surface area contributed by atoms with Crippen molar-refractivity contribution in [1.29, 1.82) is 0 Å². The van der Waals surface area contributed by atoms with Gasteiger partial charge in [0.1, 0.15) is 0 Å². The Labute approximate surface area is 98.3 Å². The van der Waals surface area contributed by atoms with Crippen LogP contribution < -0.4 is 0 Å². The van der Waals surface area contributed by atoms with E-state index in [0.29, 0.717) is 6.42 Å². The Morgan fingerprint density at radius 3 is 2.94 bits per heavy atom. The van der Waals surface area contributed by atoms with Crippen molar-refractivity contribution in [3.05, 3.63) is 42.2 Å². The summed E-state index contributed by atoms with van der Waals surface area (Å²) in [4.78, 5) is 19.8. The van der Waals surface area contributed by atoms with Crippen molar-refractivity contribution in [3.8, 4) is 0 Å². The minimum Gasteiger partial charge on any atom is -0.339 e. The number of hydrogen-bond donors (Lipinski definition) is 1. The third-order valence-corrected chi connectivity index (χ3v) is 3.18. The molecule has 3 nitrogen and oxygen atoms in total. The van der Waals surface area contributed by atoms with E-state index in [1.165, 1.54) is 11.8 Å². The number of aromatic amines is 1. The van der Waals surface area contributed by atoms with Crippen molar-refractivity contribution in [2.45, 2.75) is 23.4 Å². The third-order valence-electron chi connectivity index (χ3n) is 2.19. The first-order valence-corrected chi connectivity index (χ1v) is 5.92. The maximum atomic E-state index is 11.7. The zero-order valence-corrected chi connectivity index (χ0v) is 9.75. The molecular weight excluding hydrogens is 220 g/mol. The summed E-state index contributed by atoms with van der Waals surface area (Å²) in [6.07, 6.45) is 3.99. The number of imidazole rings is 1. The third kappa shape index (κ3) is 2.33. The fraction of sp³-hybridized carbons (Fsp3) is 0.167. The van der Waals surface area contributed by atoms with Crippen molar-refractivity contribution in [2.24, 2.45) is 0 Å². The minimum absolute atomic E-state index is 0.162. The van der Waals surface area contributed by atoms with Gasteiger partial charge in [0, 0.05) is 29.3 Å². The van der Waals surface area contributed by atoms with Crippen molar-refractivity contribution >= 4 is 17.5 Å². The van der Waals surface area contributed by atoms with Gasteiger partial charge in [-0.15, -0.1) is 0 Å². The molecule has 0 radical (unpaired) electrons. The number of hydrogen-bond acceptors (Lipinski definition) is 3. The summed E-state index contributed by atoms with van der Waals surface area (Å²) in [5, 5.41) is 0.802. The highest BCUT2D eigenvalue weighted by Crippen LogP contribution is 2.28. The average Bonchev–Trinajstić information content (AvgIpc) is 2.82. The number of nitrogens with zero attached hydrogens (tertiary/aromatic N) is 1. The van der Waals surface area contributed by atoms with Gasteiger partial charge in [-0.3, -0.25) is 4.79 Å². The molecule has 0 atom stereocenters. The molecule has 0 saturated carbocycles. The van der Waals surface area contributed by atoms with Crippen LogP contribution in [0.2, 0.25) is 0 Å². The standard InChI is InChI=1S/C12H12N2OS/c1-2-10(15)9-5-3-4-6-11(9)16-12-13-7-8-14-12/h3-8H,2H2,1H3,(H,13,14). The Balaban J connectivity index is 2.30. The maximum Gasteiger partial charge on any atom is 0.170 e. The molecule has 0 fully saturated rings. The summed E-state index contributed by atoms with van der Waals surface area (Å²) in [5.41, 5.74) is 0.770. The first kappa shape index (κ1) is 11.0. The van der Waals surface area contributed by atoms with Crippen molar-refractivity contribution < 1.29 is 4.79 Å². The summed E-state index contributed by atoms with van der Waals surface area (Å²) < 4.78 is 0. The average molecular weight is 232 g/mol. The molecule has 1 heterocycles. The fourth-order valence-electron chi connectivity index (χ4n) is 1.39. The molecule has 2 rings (SSSR count). The molecule has 0 aliphatic carbocycles. The van der Waals surface area contributed by atoms with Crippen LogP contribution in [0.1, 0.15) is 23.7 Å². The highest BCUT2D eigenvalue weighted by Gasteiger charge is 2.10. The van der Waals surface area contributed by atoms with E-state index in [1.54, 1.807) is 12.4 Å². The zero-order chi connectivity index (χ0) is 11.4. The van der Waals surface area contributed by atoms with Crippen LogP contribution >= 0.6 is 11.8 Å². The lowest BCUT2D eigenvalue weighted by Crippen LogP contribution is -1.98. The van der Waals surface area contributed by atoms with Gasteiger partial charge in [0.15, 0.2) is 10.9 Å². The Bertz CT molecular complexity index is 480. The highest BCUT2D eigenvalue weighted by atomic mass is 32.2. The molecular formula is C12H12N2OS. The summed E-state index contributed by atoms with van der Waals surface area (Å²) in [5.74, 6) is 0.162. The lowest BCUT2D eigenvalue weighted by Gasteiger charge is -2.04. The Hall–Kier alpha value is -1.55. The molecule has 82 valence electrons. The van der Waals surface area contributed by atoms with Gasteiger partial charge in [-0.05, 0) is 6.07 Å². The largest absolute Gasteiger partial charge is 0.339 e. The van der Waals surface area contributed by atoms with Crippen LogP contribution in [0.4, 0.5) is 0 Å². The van der Waals surface area contributed by atoms with E-state index in [-0.39, 0.29) is 5.78 Å². The minimum atomic E-state index is 0.162. The maximum absolute atomic E-state index is 11.7. The van der Waals surface area contributed by atoms with Crippen LogP contribution in [-0.2, 0) is 0 Å². The van der Waals surface area contributed by atoms with Gasteiger partial charge in [-0.2, -0.15) is 0 Å². The predicted octanol–water partition coefficient (Wildman–Crippen LogP) is 3.15. The van der Waals surface area contributed by atoms with E-state index in [0.717, 1.165) is 15.6 Å². The van der Waals surface area contributed by atoms with Gasteiger partial charge in [-0.1, -0.05) is 36.9 Å². The van der Waals surface area contributed by atoms with Crippen molar-refractivity contribution in [1.82, 2.24) is 9.97 Å². The summed E-state index contributed by atoms with van der Waals surface area (Å²) in [6, 6.07) is 7.61. The van der Waals surface area contributed by atoms with Gasteiger partial charge in [0.05, 0.1) is 0 Å². The highest BCUT2D eigenvalue weighted by molar-refractivity contribution is 7.99. The molecule has 0 spiro atoms. The monoisotopic (exact) mass is 232 g/mol. The Morgan fingerprint density at radius 2 is 2.25 bits per heavy atom. The van der Waals surface area contributed by atoms with Crippen molar-refractivity contribution in [3.63, 3.8) is 0 Å². The fourth-order valence-corrected chi connectivity index (χ4v) is 2.27. The van der Waals surface area contributed by atoms with Crippen LogP contribution in [0.5, 0.6) is 0 Å². The number of carbonyl (C=O) groups is 1. The van der Waals surface area contributed by atoms with Gasteiger partial charge >= 0.3 is 0 Å². The van der Waals surface area contributed by atoms with E-state index in [1.807, 2.05) is 31.2 Å². The lowest BCUT2D eigenvalue weighted by molar-refractivity contribution is 0.0985. The molecule has 2 aromatic rings. The predicted molar refractivity (Wildman–Crippen MR) is 63.8 cm³/mol. The molecule has 0 aliphatic rings. The van der Waals surface area contributed by atoms with E-state index in [2.05, 4.69) is 9.97 Å². The number of H-pyrrole nitrogens is 1. The number of benzene rings is 1. The molecule has 4 heteroatoms. The van der Waals surface area contributed by atoms with Crippen LogP contribution in [-0.4, -0.2) is 15.8 Å². The molecule has 1 aromatic carbocycles. The quantitative estimate of drug-likeness (QED) is 0.824. The Kier molecular flexibility index (Phi) is 3.41. The number of nitrogens with one attached hydrogen (secondary N) is 1. The van der Waals surface area contributed by atoms with E-state index in [9.17, 15) is 4.79 Å².